The second-order valence-corrected chi connectivity index (χ2v) is 7.59. The number of nitrogens with one attached hydrogen (secondary N) is 1. The van der Waals surface area contributed by atoms with Crippen LogP contribution in [0.25, 0.3) is 0 Å². The molecule has 160 valence electrons. The second-order valence-electron chi connectivity index (χ2n) is 7.59. The van der Waals surface area contributed by atoms with Crippen LogP contribution in [0, 0.1) is 12.7 Å². The highest BCUT2D eigenvalue weighted by atomic mass is 19.1. The maximum absolute atomic E-state index is 13.4. The van der Waals surface area contributed by atoms with Gasteiger partial charge in [0.25, 0.3) is 5.91 Å². The van der Waals surface area contributed by atoms with Crippen LogP contribution in [0.3, 0.4) is 0 Å². The lowest BCUT2D eigenvalue weighted by molar-refractivity contribution is 0.102. The smallest absolute Gasteiger partial charge is 0.255 e. The fourth-order valence-electron chi connectivity index (χ4n) is 3.51. The average Bonchev–Trinajstić information content (AvgIpc) is 2.81. The Bertz CT molecular complexity index is 1150. The van der Waals surface area contributed by atoms with Crippen LogP contribution in [-0.2, 0) is 13.1 Å². The lowest BCUT2D eigenvalue weighted by Crippen LogP contribution is -2.23. The number of aryl methyl sites for hydroxylation is 1. The summed E-state index contributed by atoms with van der Waals surface area (Å²) in [6.07, 6.45) is 0. The Kier molecular flexibility index (Phi) is 6.56. The minimum Gasteiger partial charge on any atom is -0.348 e. The molecule has 0 aliphatic heterocycles. The maximum Gasteiger partial charge on any atom is 0.255 e. The van der Waals surface area contributed by atoms with Gasteiger partial charge in [-0.2, -0.15) is 0 Å². The lowest BCUT2D eigenvalue weighted by Gasteiger charge is -2.25. The number of hydrogen-bond donors (Lipinski definition) is 1. The van der Waals surface area contributed by atoms with Gasteiger partial charge in [-0.05, 0) is 48.4 Å². The molecule has 5 heteroatoms. The number of benzene rings is 3. The predicted octanol–water partition coefficient (Wildman–Crippen LogP) is 5.99. The van der Waals surface area contributed by atoms with Gasteiger partial charge in [-0.1, -0.05) is 66.7 Å². The molecular formula is C27H24FN3O. The van der Waals surface area contributed by atoms with Crippen molar-refractivity contribution in [2.45, 2.75) is 20.0 Å². The van der Waals surface area contributed by atoms with E-state index in [0.29, 0.717) is 24.5 Å². The van der Waals surface area contributed by atoms with Crippen LogP contribution in [0.4, 0.5) is 15.9 Å². The zero-order chi connectivity index (χ0) is 22.3. The number of hydrogen-bond acceptors (Lipinski definition) is 3. The third kappa shape index (κ3) is 5.38. The highest BCUT2D eigenvalue weighted by Crippen LogP contribution is 2.23. The first-order valence-corrected chi connectivity index (χ1v) is 10.5. The molecule has 1 amide bonds. The van der Waals surface area contributed by atoms with Gasteiger partial charge in [-0.25, -0.2) is 9.37 Å². The molecule has 4 rings (SSSR count). The van der Waals surface area contributed by atoms with Crippen molar-refractivity contribution in [3.63, 3.8) is 0 Å². The molecule has 0 unspecified atom stereocenters. The molecule has 0 aliphatic carbocycles. The van der Waals surface area contributed by atoms with Crippen LogP contribution in [0.1, 0.15) is 27.2 Å². The molecule has 0 spiro atoms. The molecule has 0 bridgehead atoms. The number of anilines is 2. The Morgan fingerprint density at radius 1 is 0.844 bits per heavy atom. The van der Waals surface area contributed by atoms with Gasteiger partial charge in [0.2, 0.25) is 0 Å². The van der Waals surface area contributed by atoms with Crippen LogP contribution in [0.2, 0.25) is 0 Å². The van der Waals surface area contributed by atoms with Gasteiger partial charge < -0.3 is 10.2 Å². The Morgan fingerprint density at radius 2 is 1.47 bits per heavy atom. The fourth-order valence-corrected chi connectivity index (χ4v) is 3.51. The highest BCUT2D eigenvalue weighted by Gasteiger charge is 2.14. The summed E-state index contributed by atoms with van der Waals surface area (Å²) in [5, 5.41) is 2.83. The molecule has 1 aromatic heterocycles. The molecule has 0 aliphatic rings. The first-order chi connectivity index (χ1) is 15.6. The Morgan fingerprint density at radius 3 is 2.03 bits per heavy atom. The molecular weight excluding hydrogens is 401 g/mol. The van der Waals surface area contributed by atoms with Gasteiger partial charge >= 0.3 is 0 Å². The van der Waals surface area contributed by atoms with Crippen LogP contribution < -0.4 is 10.2 Å². The first-order valence-electron chi connectivity index (χ1n) is 10.5. The number of carbonyl (C=O) groups excluding carboxylic acids is 1. The summed E-state index contributed by atoms with van der Waals surface area (Å²) in [5.74, 6) is 0.00634. The first kappa shape index (κ1) is 21.2. The van der Waals surface area contributed by atoms with Crippen LogP contribution >= 0.6 is 0 Å². The van der Waals surface area contributed by atoms with Crippen molar-refractivity contribution in [2.75, 3.05) is 10.2 Å². The maximum atomic E-state index is 13.4. The number of halogens is 1. The number of nitrogens with zero attached hydrogens (tertiary/aromatic N) is 2. The zero-order valence-electron chi connectivity index (χ0n) is 17.8. The average molecular weight is 426 g/mol. The number of carbonyl (C=O) groups is 1. The molecule has 0 saturated heterocycles. The van der Waals surface area contributed by atoms with E-state index in [-0.39, 0.29) is 11.5 Å². The van der Waals surface area contributed by atoms with E-state index in [1.54, 1.807) is 6.07 Å². The van der Waals surface area contributed by atoms with Gasteiger partial charge in [0, 0.05) is 18.7 Å². The third-order valence-electron chi connectivity index (χ3n) is 5.16. The van der Waals surface area contributed by atoms with E-state index in [4.69, 9.17) is 4.98 Å². The summed E-state index contributed by atoms with van der Waals surface area (Å²) in [7, 11) is 0. The van der Waals surface area contributed by atoms with E-state index in [1.807, 2.05) is 55.5 Å². The zero-order valence-corrected chi connectivity index (χ0v) is 17.8. The third-order valence-corrected chi connectivity index (χ3v) is 5.16. The Balaban J connectivity index is 1.57. The normalized spacial score (nSPS) is 10.6. The molecule has 1 N–H and O–H groups in total. The SMILES string of the molecule is Cc1nc(N(Cc2ccccc2)Cc2ccccc2)ccc1NC(=O)c1cccc(F)c1. The van der Waals surface area contributed by atoms with Crippen molar-refractivity contribution in [3.8, 4) is 0 Å². The summed E-state index contributed by atoms with van der Waals surface area (Å²) in [6, 6.07) is 29.9. The number of pyridine rings is 1. The molecule has 1 heterocycles. The summed E-state index contributed by atoms with van der Waals surface area (Å²) < 4.78 is 13.4. The Hall–Kier alpha value is -3.99. The monoisotopic (exact) mass is 425 g/mol. The molecule has 4 aromatic rings. The van der Waals surface area contributed by atoms with Crippen LogP contribution in [-0.4, -0.2) is 10.9 Å². The van der Waals surface area contributed by atoms with Crippen molar-refractivity contribution in [3.05, 3.63) is 125 Å². The predicted molar refractivity (Wildman–Crippen MR) is 126 cm³/mol. The number of aromatic nitrogens is 1. The molecule has 0 saturated carbocycles. The van der Waals surface area contributed by atoms with E-state index in [1.165, 1.54) is 29.3 Å². The van der Waals surface area contributed by atoms with Crippen molar-refractivity contribution in [1.29, 1.82) is 0 Å². The van der Waals surface area contributed by atoms with E-state index in [0.717, 1.165) is 5.82 Å². The largest absolute Gasteiger partial charge is 0.348 e. The minimum absolute atomic E-state index is 0.267. The molecule has 3 aromatic carbocycles. The Labute approximate surface area is 187 Å². The topological polar surface area (TPSA) is 45.2 Å². The second kappa shape index (κ2) is 9.88. The van der Waals surface area contributed by atoms with Gasteiger partial charge in [-0.15, -0.1) is 0 Å². The summed E-state index contributed by atoms with van der Waals surface area (Å²) in [4.78, 5) is 19.5. The molecule has 0 radical (unpaired) electrons. The number of rotatable bonds is 7. The van der Waals surface area contributed by atoms with E-state index >= 15 is 0 Å². The van der Waals surface area contributed by atoms with E-state index in [2.05, 4.69) is 34.5 Å². The van der Waals surface area contributed by atoms with E-state index in [9.17, 15) is 9.18 Å². The van der Waals surface area contributed by atoms with Crippen molar-refractivity contribution in [1.82, 2.24) is 4.98 Å². The number of amides is 1. The molecule has 0 atom stereocenters. The standard InChI is InChI=1S/C27H24FN3O/c1-20-25(30-27(32)23-13-8-14-24(28)17-23)15-16-26(29-20)31(18-21-9-4-2-5-10-21)19-22-11-6-3-7-12-22/h2-17H,18-19H2,1H3,(H,30,32). The minimum atomic E-state index is -0.444. The van der Waals surface area contributed by atoms with Gasteiger partial charge in [0.1, 0.15) is 11.6 Å². The van der Waals surface area contributed by atoms with Crippen molar-refractivity contribution in [2.24, 2.45) is 0 Å². The summed E-state index contributed by atoms with van der Waals surface area (Å²) in [6.45, 7) is 3.27. The fraction of sp³-hybridized carbons (Fsp3) is 0.111. The molecule has 4 nitrogen and oxygen atoms in total. The van der Waals surface area contributed by atoms with Crippen molar-refractivity contribution >= 4 is 17.4 Å². The van der Waals surface area contributed by atoms with Crippen molar-refractivity contribution < 1.29 is 9.18 Å². The molecule has 32 heavy (non-hydrogen) atoms. The lowest BCUT2D eigenvalue weighted by atomic mass is 10.1. The quantitative estimate of drug-likeness (QED) is 0.396. The summed E-state index contributed by atoms with van der Waals surface area (Å²) in [5.41, 5.74) is 3.93. The van der Waals surface area contributed by atoms with E-state index < -0.39 is 5.82 Å². The van der Waals surface area contributed by atoms with Gasteiger partial charge in [0.15, 0.2) is 0 Å². The van der Waals surface area contributed by atoms with Crippen LogP contribution in [0.15, 0.2) is 97.1 Å². The van der Waals surface area contributed by atoms with Gasteiger partial charge in [-0.3, -0.25) is 4.79 Å². The van der Waals surface area contributed by atoms with Crippen LogP contribution in [0.5, 0.6) is 0 Å². The highest BCUT2D eigenvalue weighted by molar-refractivity contribution is 6.04. The summed E-state index contributed by atoms with van der Waals surface area (Å²) >= 11 is 0. The molecule has 0 fully saturated rings. The van der Waals surface area contributed by atoms with Gasteiger partial charge in [0.05, 0.1) is 11.4 Å².